The molecule has 0 saturated heterocycles. The predicted molar refractivity (Wildman–Crippen MR) is 87.4 cm³/mol. The Kier molecular flexibility index (Phi) is 4.61. The van der Waals surface area contributed by atoms with Crippen molar-refractivity contribution in [2.45, 2.75) is 25.3 Å². The minimum Gasteiger partial charge on any atom is -0.550 e. The molecule has 1 amide bonds. The van der Waals surface area contributed by atoms with E-state index in [1.807, 2.05) is 17.5 Å². The molecule has 0 unspecified atom stereocenters. The molecular formula is C17H15N2O4S-. The van der Waals surface area contributed by atoms with E-state index in [2.05, 4.69) is 5.10 Å². The Morgan fingerprint density at radius 3 is 2.71 bits per heavy atom. The number of hydrogen-bond donors (Lipinski definition) is 1. The zero-order chi connectivity index (χ0) is 17.1. The molecule has 1 aliphatic heterocycles. The standard InChI is InChI=1S/C17H16N2O4S/c20-14-5-2-1-4-11(14)13-10-12(15-6-3-9-24-15)18-19(13)16(21)7-8-17(22)23/h1-6,9,13,20H,7-8,10H2,(H,22,23)/p-1/t13-/m1/s1. The Morgan fingerprint density at radius 1 is 1.25 bits per heavy atom. The lowest BCUT2D eigenvalue weighted by Gasteiger charge is -2.22. The fourth-order valence-corrected chi connectivity index (χ4v) is 3.39. The predicted octanol–water partition coefficient (Wildman–Crippen LogP) is 1.66. The van der Waals surface area contributed by atoms with E-state index in [9.17, 15) is 19.8 Å². The molecule has 124 valence electrons. The highest BCUT2D eigenvalue weighted by Gasteiger charge is 2.34. The van der Waals surface area contributed by atoms with Crippen molar-refractivity contribution in [1.82, 2.24) is 5.01 Å². The van der Waals surface area contributed by atoms with Crippen LogP contribution in [0.4, 0.5) is 0 Å². The van der Waals surface area contributed by atoms with Crippen molar-refractivity contribution < 1.29 is 19.8 Å². The van der Waals surface area contributed by atoms with Crippen LogP contribution in [0, 0.1) is 0 Å². The number of carbonyl (C=O) groups is 2. The number of hydrogen-bond acceptors (Lipinski definition) is 6. The summed E-state index contributed by atoms with van der Waals surface area (Å²) in [6, 6.07) is 10.2. The molecule has 1 aromatic heterocycles. The van der Waals surface area contributed by atoms with Crippen molar-refractivity contribution in [2.75, 3.05) is 0 Å². The molecule has 0 fully saturated rings. The third kappa shape index (κ3) is 3.30. The van der Waals surface area contributed by atoms with Gasteiger partial charge in [-0.05, 0) is 23.9 Å². The smallest absolute Gasteiger partial charge is 0.243 e. The van der Waals surface area contributed by atoms with Crippen LogP contribution in [0.15, 0.2) is 46.9 Å². The molecule has 2 aromatic rings. The van der Waals surface area contributed by atoms with Crippen LogP contribution in [0.25, 0.3) is 0 Å². The van der Waals surface area contributed by atoms with E-state index in [1.54, 1.807) is 24.3 Å². The minimum absolute atomic E-state index is 0.0860. The highest BCUT2D eigenvalue weighted by atomic mass is 32.1. The molecule has 7 heteroatoms. The molecule has 0 saturated carbocycles. The monoisotopic (exact) mass is 343 g/mol. The van der Waals surface area contributed by atoms with Gasteiger partial charge in [0.2, 0.25) is 5.91 Å². The molecule has 1 aromatic carbocycles. The second-order valence-electron chi connectivity index (χ2n) is 5.41. The summed E-state index contributed by atoms with van der Waals surface area (Å²) in [5.41, 5.74) is 1.34. The molecule has 0 radical (unpaired) electrons. The molecule has 0 spiro atoms. The average molecular weight is 343 g/mol. The van der Waals surface area contributed by atoms with Crippen LogP contribution in [0.5, 0.6) is 5.75 Å². The largest absolute Gasteiger partial charge is 0.550 e. The van der Waals surface area contributed by atoms with E-state index in [4.69, 9.17) is 0 Å². The third-order valence-electron chi connectivity index (χ3n) is 3.81. The summed E-state index contributed by atoms with van der Waals surface area (Å²) in [6.07, 6.45) is -0.0739. The molecule has 2 heterocycles. The summed E-state index contributed by atoms with van der Waals surface area (Å²) >= 11 is 1.52. The molecule has 24 heavy (non-hydrogen) atoms. The quantitative estimate of drug-likeness (QED) is 0.893. The molecule has 1 N–H and O–H groups in total. The molecule has 1 atom stereocenters. The van der Waals surface area contributed by atoms with Gasteiger partial charge in [-0.15, -0.1) is 11.3 Å². The molecule has 0 aliphatic carbocycles. The maximum absolute atomic E-state index is 12.4. The number of aromatic hydroxyl groups is 1. The van der Waals surface area contributed by atoms with Crippen molar-refractivity contribution >= 4 is 28.9 Å². The van der Waals surface area contributed by atoms with Crippen LogP contribution < -0.4 is 5.11 Å². The number of carbonyl (C=O) groups excluding carboxylic acids is 2. The van der Waals surface area contributed by atoms with E-state index < -0.39 is 17.9 Å². The number of hydrazone groups is 1. The van der Waals surface area contributed by atoms with Gasteiger partial charge in [0, 0.05) is 24.4 Å². The Bertz CT molecular complexity index is 786. The van der Waals surface area contributed by atoms with Crippen molar-refractivity contribution in [2.24, 2.45) is 5.10 Å². The number of phenols is 1. The first kappa shape index (κ1) is 16.2. The van der Waals surface area contributed by atoms with E-state index in [0.29, 0.717) is 12.0 Å². The number of para-hydroxylation sites is 1. The van der Waals surface area contributed by atoms with Gasteiger partial charge >= 0.3 is 0 Å². The van der Waals surface area contributed by atoms with Crippen molar-refractivity contribution in [3.63, 3.8) is 0 Å². The van der Waals surface area contributed by atoms with E-state index in [1.165, 1.54) is 16.3 Å². The number of benzene rings is 1. The Labute approximate surface area is 142 Å². The molecule has 0 bridgehead atoms. The molecule has 1 aliphatic rings. The topological polar surface area (TPSA) is 93.0 Å². The fourth-order valence-electron chi connectivity index (χ4n) is 2.67. The van der Waals surface area contributed by atoms with Crippen molar-refractivity contribution in [1.29, 1.82) is 0 Å². The van der Waals surface area contributed by atoms with Gasteiger partial charge in [0.25, 0.3) is 0 Å². The second kappa shape index (κ2) is 6.84. The number of amides is 1. The highest BCUT2D eigenvalue weighted by Crippen LogP contribution is 2.37. The number of phenolic OH excluding ortho intramolecular Hbond substituents is 1. The number of aliphatic carboxylic acids is 1. The first-order valence-electron chi connectivity index (χ1n) is 7.47. The Morgan fingerprint density at radius 2 is 2.04 bits per heavy atom. The van der Waals surface area contributed by atoms with Crippen LogP contribution >= 0.6 is 11.3 Å². The summed E-state index contributed by atoms with van der Waals surface area (Å²) in [7, 11) is 0. The summed E-state index contributed by atoms with van der Waals surface area (Å²) in [5, 5.41) is 28.3. The number of carboxylic acid groups (broad SMARTS) is 1. The van der Waals surface area contributed by atoms with Crippen LogP contribution in [0.3, 0.4) is 0 Å². The van der Waals surface area contributed by atoms with Gasteiger partial charge in [-0.2, -0.15) is 5.10 Å². The Hall–Kier alpha value is -2.67. The van der Waals surface area contributed by atoms with Gasteiger partial charge in [-0.1, -0.05) is 24.3 Å². The van der Waals surface area contributed by atoms with Gasteiger partial charge in [0.05, 0.1) is 16.6 Å². The van der Waals surface area contributed by atoms with Crippen LogP contribution in [0.1, 0.15) is 35.7 Å². The highest BCUT2D eigenvalue weighted by molar-refractivity contribution is 7.12. The SMILES string of the molecule is O=C([O-])CCC(=O)N1N=C(c2cccs2)C[C@@H]1c1ccccc1O. The first-order valence-corrected chi connectivity index (χ1v) is 8.35. The van der Waals surface area contributed by atoms with Gasteiger partial charge in [-0.3, -0.25) is 4.79 Å². The Balaban J connectivity index is 1.91. The second-order valence-corrected chi connectivity index (χ2v) is 6.36. The number of thiophene rings is 1. The lowest BCUT2D eigenvalue weighted by atomic mass is 10.00. The van der Waals surface area contributed by atoms with Gasteiger partial charge < -0.3 is 15.0 Å². The first-order chi connectivity index (χ1) is 11.6. The number of nitrogens with zero attached hydrogens (tertiary/aromatic N) is 2. The number of rotatable bonds is 5. The van der Waals surface area contributed by atoms with Gasteiger partial charge in [0.1, 0.15) is 5.75 Å². The lowest BCUT2D eigenvalue weighted by Crippen LogP contribution is -2.29. The fraction of sp³-hybridized carbons (Fsp3) is 0.235. The van der Waals surface area contributed by atoms with E-state index in [-0.39, 0.29) is 18.6 Å². The van der Waals surface area contributed by atoms with Gasteiger partial charge in [0.15, 0.2) is 0 Å². The maximum atomic E-state index is 12.4. The zero-order valence-corrected chi connectivity index (χ0v) is 13.5. The van der Waals surface area contributed by atoms with Crippen molar-refractivity contribution in [3.8, 4) is 5.75 Å². The van der Waals surface area contributed by atoms with Crippen LogP contribution in [-0.2, 0) is 9.59 Å². The zero-order valence-electron chi connectivity index (χ0n) is 12.7. The third-order valence-corrected chi connectivity index (χ3v) is 4.73. The maximum Gasteiger partial charge on any atom is 0.243 e. The van der Waals surface area contributed by atoms with Crippen LogP contribution in [0.2, 0.25) is 0 Å². The minimum atomic E-state index is -1.27. The summed E-state index contributed by atoms with van der Waals surface area (Å²) < 4.78 is 0. The summed E-state index contributed by atoms with van der Waals surface area (Å²) in [5.74, 6) is -1.59. The van der Waals surface area contributed by atoms with Crippen LogP contribution in [-0.4, -0.2) is 27.7 Å². The molecule has 3 rings (SSSR count). The molecule has 6 nitrogen and oxygen atoms in total. The molecular weight excluding hydrogens is 328 g/mol. The van der Waals surface area contributed by atoms with Gasteiger partial charge in [-0.25, -0.2) is 5.01 Å². The van der Waals surface area contributed by atoms with Crippen molar-refractivity contribution in [3.05, 3.63) is 52.2 Å². The number of carboxylic acids is 1. The lowest BCUT2D eigenvalue weighted by molar-refractivity contribution is -0.305. The summed E-state index contributed by atoms with van der Waals surface area (Å²) in [6.45, 7) is 0. The van der Waals surface area contributed by atoms with E-state index >= 15 is 0 Å². The average Bonchev–Trinajstić information content (AvgIpc) is 3.22. The van der Waals surface area contributed by atoms with E-state index in [0.717, 1.165) is 10.6 Å². The summed E-state index contributed by atoms with van der Waals surface area (Å²) in [4.78, 5) is 24.0. The normalized spacial score (nSPS) is 16.9.